The summed E-state index contributed by atoms with van der Waals surface area (Å²) in [5, 5.41) is 8.37. The Bertz CT molecular complexity index is 504. The van der Waals surface area contributed by atoms with Gasteiger partial charge in [-0.25, -0.2) is 9.97 Å². The number of hydrogen-bond acceptors (Lipinski definition) is 3. The lowest BCUT2D eigenvalue weighted by atomic mass is 10.3. The van der Waals surface area contributed by atoms with E-state index in [9.17, 15) is 0 Å². The number of imidazole rings is 1. The van der Waals surface area contributed by atoms with Crippen LogP contribution in [0, 0.1) is 11.3 Å². The van der Waals surface area contributed by atoms with E-state index >= 15 is 0 Å². The van der Waals surface area contributed by atoms with Gasteiger partial charge in [-0.15, -0.1) is 0 Å². The van der Waals surface area contributed by atoms with Gasteiger partial charge in [0.2, 0.25) is 5.78 Å². The molecule has 0 amide bonds. The number of nitriles is 1. The lowest BCUT2D eigenvalue weighted by Gasteiger charge is -1.92. The van der Waals surface area contributed by atoms with Gasteiger partial charge < -0.3 is 0 Å². The Morgan fingerprint density at radius 2 is 2.43 bits per heavy atom. The summed E-state index contributed by atoms with van der Waals surface area (Å²) in [7, 11) is 0. The summed E-state index contributed by atoms with van der Waals surface area (Å²) in [5.41, 5.74) is 0.934. The molecule has 0 fully saturated rings. The highest BCUT2D eigenvalue weighted by Crippen LogP contribution is 2.05. The second-order valence-electron chi connectivity index (χ2n) is 2.74. The molecule has 0 saturated heterocycles. The van der Waals surface area contributed by atoms with Crippen LogP contribution in [0.4, 0.5) is 0 Å². The van der Waals surface area contributed by atoms with Crippen LogP contribution in [0.3, 0.4) is 0 Å². The molecule has 2 rings (SSSR count). The predicted molar refractivity (Wildman–Crippen MR) is 52.3 cm³/mol. The minimum absolute atomic E-state index is 0.410. The summed E-state index contributed by atoms with van der Waals surface area (Å²) < 4.78 is 1.87. The van der Waals surface area contributed by atoms with E-state index in [-0.39, 0.29) is 0 Å². The molecule has 0 atom stereocenters. The Labute approximate surface area is 81.2 Å². The maximum absolute atomic E-state index is 8.37. The van der Waals surface area contributed by atoms with E-state index in [1.807, 2.05) is 28.8 Å². The van der Waals surface area contributed by atoms with Gasteiger partial charge >= 0.3 is 0 Å². The van der Waals surface area contributed by atoms with E-state index in [0.29, 0.717) is 12.2 Å². The topological polar surface area (TPSA) is 54.0 Å². The highest BCUT2D eigenvalue weighted by molar-refractivity contribution is 5.49. The number of fused-ring (bicyclic) bond motifs is 1. The van der Waals surface area contributed by atoms with E-state index in [1.165, 1.54) is 0 Å². The smallest absolute Gasteiger partial charge is 0.234 e. The maximum atomic E-state index is 8.37. The van der Waals surface area contributed by atoms with Crippen LogP contribution in [0.15, 0.2) is 30.7 Å². The van der Waals surface area contributed by atoms with Crippen molar-refractivity contribution in [3.63, 3.8) is 0 Å². The van der Waals surface area contributed by atoms with Crippen LogP contribution in [0.1, 0.15) is 12.1 Å². The monoisotopic (exact) mass is 184 g/mol. The molecule has 14 heavy (non-hydrogen) atoms. The Balaban J connectivity index is 2.39. The highest BCUT2D eigenvalue weighted by atomic mass is 15.1. The molecule has 0 aliphatic rings. The predicted octanol–water partition coefficient (Wildman–Crippen LogP) is 1.66. The van der Waals surface area contributed by atoms with Gasteiger partial charge in [0.05, 0.1) is 24.4 Å². The zero-order chi connectivity index (χ0) is 9.80. The fraction of sp³-hybridized carbons (Fsp3) is 0.100. The Hall–Kier alpha value is -2.15. The van der Waals surface area contributed by atoms with Crippen molar-refractivity contribution in [1.82, 2.24) is 14.4 Å². The number of nitrogens with zero attached hydrogens (tertiary/aromatic N) is 4. The lowest BCUT2D eigenvalue weighted by Crippen LogP contribution is -1.87. The molecule has 0 aliphatic carbocycles. The first kappa shape index (κ1) is 8.45. The van der Waals surface area contributed by atoms with Crippen molar-refractivity contribution >= 4 is 11.9 Å². The molecular weight excluding hydrogens is 176 g/mol. The Kier molecular flexibility index (Phi) is 2.24. The first-order valence-corrected chi connectivity index (χ1v) is 4.23. The average molecular weight is 184 g/mol. The molecule has 0 radical (unpaired) electrons. The normalized spacial score (nSPS) is 10.8. The van der Waals surface area contributed by atoms with E-state index in [1.54, 1.807) is 18.5 Å². The molecule has 4 heteroatoms. The minimum Gasteiger partial charge on any atom is -0.284 e. The van der Waals surface area contributed by atoms with Crippen LogP contribution in [0.2, 0.25) is 0 Å². The quantitative estimate of drug-likeness (QED) is 0.713. The molecule has 68 valence electrons. The van der Waals surface area contributed by atoms with Gasteiger partial charge in [0.25, 0.3) is 0 Å². The number of allylic oxidation sites excluding steroid dienone is 1. The number of hydrogen-bond donors (Lipinski definition) is 0. The second kappa shape index (κ2) is 3.71. The van der Waals surface area contributed by atoms with Gasteiger partial charge in [0.1, 0.15) is 0 Å². The van der Waals surface area contributed by atoms with E-state index < -0.39 is 0 Å². The molecule has 2 aromatic heterocycles. The van der Waals surface area contributed by atoms with E-state index in [0.717, 1.165) is 5.69 Å². The van der Waals surface area contributed by atoms with Crippen LogP contribution in [0.25, 0.3) is 11.9 Å². The van der Waals surface area contributed by atoms with Crippen LogP contribution in [-0.4, -0.2) is 14.4 Å². The first-order valence-electron chi connectivity index (χ1n) is 4.23. The molecule has 0 saturated carbocycles. The second-order valence-corrected chi connectivity index (χ2v) is 2.74. The van der Waals surface area contributed by atoms with Crippen molar-refractivity contribution in [2.24, 2.45) is 0 Å². The summed E-state index contributed by atoms with van der Waals surface area (Å²) in [4.78, 5) is 8.20. The standard InChI is InChI=1S/C10H8N4/c11-5-2-1-4-9-8-13-10-12-6-3-7-14(9)10/h1,3-4,6-8H,2H2. The van der Waals surface area contributed by atoms with Crippen molar-refractivity contribution in [3.05, 3.63) is 36.4 Å². The Morgan fingerprint density at radius 3 is 3.29 bits per heavy atom. The van der Waals surface area contributed by atoms with Crippen LogP contribution >= 0.6 is 0 Å². The SMILES string of the molecule is N#CCC=Cc1cnc2ncccn12. The highest BCUT2D eigenvalue weighted by Gasteiger charge is 1.97. The molecule has 0 aliphatic heterocycles. The van der Waals surface area contributed by atoms with Crippen molar-refractivity contribution in [1.29, 1.82) is 5.26 Å². The van der Waals surface area contributed by atoms with Gasteiger partial charge in [-0.1, -0.05) is 6.08 Å². The van der Waals surface area contributed by atoms with Gasteiger partial charge in [0.15, 0.2) is 0 Å². The van der Waals surface area contributed by atoms with Gasteiger partial charge in [0, 0.05) is 12.4 Å². The summed E-state index contributed by atoms with van der Waals surface area (Å²) >= 11 is 0. The molecule has 0 spiro atoms. The fourth-order valence-corrected chi connectivity index (χ4v) is 1.20. The van der Waals surface area contributed by atoms with Gasteiger partial charge in [-0.2, -0.15) is 5.26 Å². The summed E-state index contributed by atoms with van der Waals surface area (Å²) in [6.45, 7) is 0. The van der Waals surface area contributed by atoms with E-state index in [2.05, 4.69) is 9.97 Å². The van der Waals surface area contributed by atoms with Crippen molar-refractivity contribution in [2.75, 3.05) is 0 Å². The van der Waals surface area contributed by atoms with Crippen LogP contribution < -0.4 is 0 Å². The molecular formula is C10H8N4. The lowest BCUT2D eigenvalue weighted by molar-refractivity contribution is 1.10. The van der Waals surface area contributed by atoms with Crippen molar-refractivity contribution in [2.45, 2.75) is 6.42 Å². The molecule has 0 aromatic carbocycles. The zero-order valence-corrected chi connectivity index (χ0v) is 7.46. The average Bonchev–Trinajstić information content (AvgIpc) is 2.63. The van der Waals surface area contributed by atoms with Crippen LogP contribution in [0.5, 0.6) is 0 Å². The van der Waals surface area contributed by atoms with E-state index in [4.69, 9.17) is 5.26 Å². The summed E-state index contributed by atoms with van der Waals surface area (Å²) in [5.74, 6) is 0.670. The largest absolute Gasteiger partial charge is 0.284 e. The molecule has 4 nitrogen and oxygen atoms in total. The maximum Gasteiger partial charge on any atom is 0.234 e. The molecule has 2 heterocycles. The zero-order valence-electron chi connectivity index (χ0n) is 7.46. The Morgan fingerprint density at radius 1 is 1.50 bits per heavy atom. The number of rotatable bonds is 2. The third-order valence-electron chi connectivity index (χ3n) is 1.81. The van der Waals surface area contributed by atoms with Gasteiger partial charge in [-0.05, 0) is 12.1 Å². The molecule has 0 unspecified atom stereocenters. The summed E-state index contributed by atoms with van der Waals surface area (Å²) in [6.07, 6.45) is 9.40. The first-order chi connectivity index (χ1) is 6.92. The van der Waals surface area contributed by atoms with Gasteiger partial charge in [-0.3, -0.25) is 4.40 Å². The fourth-order valence-electron chi connectivity index (χ4n) is 1.20. The van der Waals surface area contributed by atoms with Crippen molar-refractivity contribution in [3.8, 4) is 6.07 Å². The molecule has 0 bridgehead atoms. The molecule has 2 aromatic rings. The third kappa shape index (κ3) is 1.48. The number of aromatic nitrogens is 3. The van der Waals surface area contributed by atoms with Crippen molar-refractivity contribution < 1.29 is 0 Å². The van der Waals surface area contributed by atoms with Crippen LogP contribution in [-0.2, 0) is 0 Å². The minimum atomic E-state index is 0.410. The third-order valence-corrected chi connectivity index (χ3v) is 1.81. The molecule has 0 N–H and O–H groups in total. The summed E-state index contributed by atoms with van der Waals surface area (Å²) in [6, 6.07) is 3.89.